The van der Waals surface area contributed by atoms with Crippen molar-refractivity contribution in [2.45, 2.75) is 84.5 Å². The van der Waals surface area contributed by atoms with E-state index < -0.39 is 41.4 Å². The molecule has 4 N–H and O–H groups in total. The van der Waals surface area contributed by atoms with E-state index in [0.29, 0.717) is 0 Å². The first-order valence-corrected chi connectivity index (χ1v) is 14.0. The van der Waals surface area contributed by atoms with Gasteiger partial charge < -0.3 is 25.7 Å². The molecule has 0 spiro atoms. The average Bonchev–Trinajstić information content (AvgIpc) is 3.46. The number of carbonyl (C=O) groups excluding carboxylic acids is 3. The summed E-state index contributed by atoms with van der Waals surface area (Å²) in [5, 5.41) is 24.9. The lowest BCUT2D eigenvalue weighted by molar-refractivity contribution is -0.144. The highest BCUT2D eigenvalue weighted by atomic mass is 32.1. The molecule has 0 saturated carbocycles. The van der Waals surface area contributed by atoms with Gasteiger partial charge >= 0.3 is 5.97 Å². The lowest BCUT2D eigenvalue weighted by atomic mass is 9.85. The van der Waals surface area contributed by atoms with Crippen molar-refractivity contribution in [3.63, 3.8) is 0 Å². The summed E-state index contributed by atoms with van der Waals surface area (Å²) in [4.78, 5) is 56.9. The van der Waals surface area contributed by atoms with Gasteiger partial charge in [-0.2, -0.15) is 0 Å². The molecule has 1 aromatic carbocycles. The number of aliphatic hydroxyl groups is 1. The van der Waals surface area contributed by atoms with E-state index in [1.807, 2.05) is 38.1 Å². The van der Waals surface area contributed by atoms with Crippen LogP contribution in [0.4, 0.5) is 0 Å². The van der Waals surface area contributed by atoms with E-state index in [1.54, 1.807) is 37.6 Å². The number of carboxylic acids is 1. The lowest BCUT2D eigenvalue weighted by Crippen LogP contribution is -2.57. The van der Waals surface area contributed by atoms with Crippen LogP contribution in [0.15, 0.2) is 29.8 Å². The molecule has 11 heteroatoms. The smallest absolute Gasteiger partial charge is 0.303 e. The molecule has 3 rings (SSSR count). The highest BCUT2D eigenvalue weighted by Gasteiger charge is 2.44. The Morgan fingerprint density at radius 3 is 2.36 bits per heavy atom. The Morgan fingerprint density at radius 2 is 1.79 bits per heavy atom. The van der Waals surface area contributed by atoms with Gasteiger partial charge in [-0.15, -0.1) is 11.3 Å². The minimum Gasteiger partial charge on any atom is -0.481 e. The molecular formula is C28H38N4O6S. The maximum atomic E-state index is 13.6. The van der Waals surface area contributed by atoms with Crippen molar-refractivity contribution in [1.29, 1.82) is 0 Å². The number of β-amino-alcohol motifs (C(OH)–C–C–N with tert-alkyl or cyclic N) is 1. The van der Waals surface area contributed by atoms with Gasteiger partial charge in [0.15, 0.2) is 0 Å². The van der Waals surface area contributed by atoms with Gasteiger partial charge in [0.1, 0.15) is 12.1 Å². The zero-order valence-electron chi connectivity index (χ0n) is 23.1. The fourth-order valence-electron chi connectivity index (χ4n) is 4.65. The van der Waals surface area contributed by atoms with Crippen molar-refractivity contribution >= 4 is 35.0 Å². The number of hydrogen-bond acceptors (Lipinski definition) is 7. The lowest BCUT2D eigenvalue weighted by Gasteiger charge is -2.35. The topological polar surface area (TPSA) is 149 Å². The molecule has 2 heterocycles. The third kappa shape index (κ3) is 7.86. The molecule has 0 bridgehead atoms. The van der Waals surface area contributed by atoms with Gasteiger partial charge in [-0.25, -0.2) is 4.98 Å². The van der Waals surface area contributed by atoms with Gasteiger partial charge in [-0.3, -0.25) is 19.2 Å². The number of thiazole rings is 1. The van der Waals surface area contributed by atoms with Crippen molar-refractivity contribution in [2.75, 3.05) is 6.54 Å². The monoisotopic (exact) mass is 558 g/mol. The first kappa shape index (κ1) is 30.2. The predicted molar refractivity (Wildman–Crippen MR) is 148 cm³/mol. The van der Waals surface area contributed by atoms with Crippen LogP contribution in [0.1, 0.15) is 70.7 Å². The Bertz CT molecular complexity index is 1190. The largest absolute Gasteiger partial charge is 0.481 e. The molecule has 212 valence electrons. The van der Waals surface area contributed by atoms with Crippen LogP contribution in [0.5, 0.6) is 0 Å². The summed E-state index contributed by atoms with van der Waals surface area (Å²) >= 11 is 1.57. The summed E-state index contributed by atoms with van der Waals surface area (Å²) in [7, 11) is 0. The van der Waals surface area contributed by atoms with Gasteiger partial charge in [0, 0.05) is 25.8 Å². The summed E-state index contributed by atoms with van der Waals surface area (Å²) in [6.45, 7) is 9.20. The number of benzene rings is 1. The number of aryl methyl sites for hydroxylation is 1. The van der Waals surface area contributed by atoms with Gasteiger partial charge in [0.05, 0.1) is 28.2 Å². The highest BCUT2D eigenvalue weighted by molar-refractivity contribution is 7.13. The molecule has 0 unspecified atom stereocenters. The van der Waals surface area contributed by atoms with Gasteiger partial charge in [-0.05, 0) is 36.8 Å². The number of carbonyl (C=O) groups is 4. The van der Waals surface area contributed by atoms with E-state index in [9.17, 15) is 24.3 Å². The average molecular weight is 559 g/mol. The zero-order chi connectivity index (χ0) is 28.9. The maximum Gasteiger partial charge on any atom is 0.303 e. The molecule has 1 aromatic heterocycles. The Labute approximate surface area is 232 Å². The van der Waals surface area contributed by atoms with E-state index in [2.05, 4.69) is 15.6 Å². The van der Waals surface area contributed by atoms with Crippen LogP contribution in [-0.4, -0.2) is 68.5 Å². The van der Waals surface area contributed by atoms with Crippen LogP contribution < -0.4 is 10.6 Å². The first-order valence-electron chi connectivity index (χ1n) is 13.1. The van der Waals surface area contributed by atoms with Crippen LogP contribution in [0.25, 0.3) is 10.4 Å². The van der Waals surface area contributed by atoms with Crippen LogP contribution in [0, 0.1) is 12.3 Å². The van der Waals surface area contributed by atoms with Crippen LogP contribution in [0.3, 0.4) is 0 Å². The Hall–Kier alpha value is -3.31. The molecule has 4 atom stereocenters. The van der Waals surface area contributed by atoms with Crippen molar-refractivity contribution < 1.29 is 29.4 Å². The fraction of sp³-hybridized carbons (Fsp3) is 0.536. The fourth-order valence-corrected chi connectivity index (χ4v) is 5.46. The molecule has 39 heavy (non-hydrogen) atoms. The maximum absolute atomic E-state index is 13.6. The number of nitrogens with one attached hydrogen (secondary N) is 2. The molecule has 1 aliphatic heterocycles. The number of nitrogens with zero attached hydrogens (tertiary/aromatic N) is 2. The Kier molecular flexibility index (Phi) is 9.84. The number of rotatable bonds is 10. The van der Waals surface area contributed by atoms with Crippen molar-refractivity contribution in [3.8, 4) is 10.4 Å². The van der Waals surface area contributed by atoms with E-state index in [4.69, 9.17) is 5.11 Å². The van der Waals surface area contributed by atoms with E-state index >= 15 is 0 Å². The minimum atomic E-state index is -0.994. The first-order chi connectivity index (χ1) is 18.3. The summed E-state index contributed by atoms with van der Waals surface area (Å²) in [6, 6.07) is 5.69. The third-order valence-corrected chi connectivity index (χ3v) is 7.83. The normalized spacial score (nSPS) is 18.9. The molecule has 10 nitrogen and oxygen atoms in total. The summed E-state index contributed by atoms with van der Waals surface area (Å²) in [5.74, 6) is -2.26. The molecule has 0 aliphatic carbocycles. The van der Waals surface area contributed by atoms with Crippen molar-refractivity contribution in [2.24, 2.45) is 5.41 Å². The summed E-state index contributed by atoms with van der Waals surface area (Å²) in [5.41, 5.74) is 4.03. The van der Waals surface area contributed by atoms with E-state index in [-0.39, 0.29) is 44.2 Å². The van der Waals surface area contributed by atoms with E-state index in [1.165, 1.54) is 4.90 Å². The number of likely N-dealkylation sites (tertiary alicyclic amines) is 1. The summed E-state index contributed by atoms with van der Waals surface area (Å²) in [6.07, 6.45) is -0.792. The molecular weight excluding hydrogens is 520 g/mol. The molecule has 2 aromatic rings. The number of aromatic nitrogens is 1. The summed E-state index contributed by atoms with van der Waals surface area (Å²) < 4.78 is 0. The predicted octanol–water partition coefficient (Wildman–Crippen LogP) is 3.04. The zero-order valence-corrected chi connectivity index (χ0v) is 23.9. The van der Waals surface area contributed by atoms with E-state index in [0.717, 1.165) is 21.7 Å². The SMILES string of the molecule is Cc1ncsc1-c1ccc([C@H](C)NC(=O)[C@@H]2C[C@@H](O)CN2C(=O)[C@@H](NC(=O)CCCC(=O)O)C(C)(C)C)cc1. The second kappa shape index (κ2) is 12.7. The molecule has 1 aliphatic rings. The van der Waals surface area contributed by atoms with Gasteiger partial charge in [-0.1, -0.05) is 45.0 Å². The number of hydrogen-bond donors (Lipinski definition) is 4. The van der Waals surface area contributed by atoms with Gasteiger partial charge in [0.2, 0.25) is 17.7 Å². The number of aliphatic carboxylic acids is 1. The van der Waals surface area contributed by atoms with Crippen LogP contribution in [-0.2, 0) is 19.2 Å². The molecule has 1 saturated heterocycles. The molecule has 0 radical (unpaired) electrons. The molecule has 1 fully saturated rings. The Morgan fingerprint density at radius 1 is 1.13 bits per heavy atom. The second-order valence-electron chi connectivity index (χ2n) is 11.1. The highest BCUT2D eigenvalue weighted by Crippen LogP contribution is 2.29. The Balaban J connectivity index is 1.69. The van der Waals surface area contributed by atoms with Crippen molar-refractivity contribution in [1.82, 2.24) is 20.5 Å². The quantitative estimate of drug-likeness (QED) is 0.350. The minimum absolute atomic E-state index is 0.0182. The number of amides is 3. The number of aliphatic hydroxyl groups excluding tert-OH is 1. The number of carboxylic acid groups (broad SMARTS) is 1. The standard InChI is InChI=1S/C28H38N4O6S/c1-16(18-9-11-19(12-10-18)24-17(2)29-15-39-24)30-26(37)21-13-20(33)14-32(21)27(38)25(28(3,4)5)31-22(34)7-6-8-23(35)36/h9-12,15-16,20-21,25,33H,6-8,13-14H2,1-5H3,(H,30,37)(H,31,34)(H,35,36)/t16-,20+,21-,25+/m0/s1. The van der Waals surface area contributed by atoms with Crippen LogP contribution >= 0.6 is 11.3 Å². The van der Waals surface area contributed by atoms with Crippen molar-refractivity contribution in [3.05, 3.63) is 41.0 Å². The second-order valence-corrected chi connectivity index (χ2v) is 12.0. The van der Waals surface area contributed by atoms with Crippen LogP contribution in [0.2, 0.25) is 0 Å². The van der Waals surface area contributed by atoms with Gasteiger partial charge in [0.25, 0.3) is 0 Å². The third-order valence-electron chi connectivity index (χ3n) is 6.85. The molecule has 3 amide bonds.